The number of hydrogen-bond donors (Lipinski definition) is 2. The van der Waals surface area contributed by atoms with E-state index in [1.165, 1.54) is 7.11 Å². The largest absolute Gasteiger partial charge is 0.426 e. The maximum Gasteiger partial charge on any atom is 0.399 e. The lowest BCUT2D eigenvalue weighted by molar-refractivity contribution is -0.161. The Morgan fingerprint density at radius 1 is 1.15 bits per heavy atom. The maximum absolute atomic E-state index is 15.4. The minimum absolute atomic E-state index is 0.106. The monoisotopic (exact) mass is 570 g/mol. The molecule has 0 fully saturated rings. The van der Waals surface area contributed by atoms with Gasteiger partial charge in [-0.1, -0.05) is 55.4 Å². The molecule has 216 valence electrons. The van der Waals surface area contributed by atoms with Crippen molar-refractivity contribution in [2.45, 2.75) is 97.6 Å². The van der Waals surface area contributed by atoms with Crippen LogP contribution in [0.15, 0.2) is 21.9 Å². The van der Waals surface area contributed by atoms with Crippen molar-refractivity contribution in [2.75, 3.05) is 7.11 Å². The Bertz CT molecular complexity index is 1270. The number of nitrogens with zero attached hydrogens (tertiary/aromatic N) is 1. The Morgan fingerprint density at radius 3 is 2.28 bits per heavy atom. The van der Waals surface area contributed by atoms with Gasteiger partial charge in [-0.05, 0) is 28.9 Å². The molecule has 0 spiro atoms. The number of nitrogens with one attached hydrogen (secondary N) is 1. The highest BCUT2D eigenvalue weighted by molar-refractivity contribution is 7.42. The molecular formula is C26H38BF2N2O7P. The predicted octanol–water partition coefficient (Wildman–Crippen LogP) is 4.51. The van der Waals surface area contributed by atoms with Gasteiger partial charge in [-0.15, -0.1) is 0 Å². The van der Waals surface area contributed by atoms with Gasteiger partial charge in [-0.2, -0.15) is 4.39 Å². The highest BCUT2D eigenvalue weighted by atomic mass is 31.2. The summed E-state index contributed by atoms with van der Waals surface area (Å²) in [7, 11) is 4.97. The Morgan fingerprint density at radius 2 is 1.74 bits per heavy atom. The van der Waals surface area contributed by atoms with Crippen LogP contribution in [0.3, 0.4) is 0 Å². The third-order valence-electron chi connectivity index (χ3n) is 5.97. The first kappa shape index (κ1) is 33.1. The number of aromatic nitrogens is 2. The topological polar surface area (TPSA) is 112 Å². The summed E-state index contributed by atoms with van der Waals surface area (Å²) in [5.41, 5.74) is -3.78. The number of fused-ring (bicyclic) bond motifs is 1. The van der Waals surface area contributed by atoms with E-state index in [4.69, 9.17) is 26.2 Å². The molecule has 39 heavy (non-hydrogen) atoms. The fourth-order valence-electron chi connectivity index (χ4n) is 3.87. The molecule has 2 N–H and O–H groups in total. The summed E-state index contributed by atoms with van der Waals surface area (Å²) in [6, 6.07) is 1.78. The average Bonchev–Trinajstić information content (AvgIpc) is 2.82. The summed E-state index contributed by atoms with van der Waals surface area (Å²) in [5, 5.41) is 10.8. The molecule has 3 atom stereocenters. The van der Waals surface area contributed by atoms with Crippen molar-refractivity contribution in [1.29, 1.82) is 0 Å². The van der Waals surface area contributed by atoms with E-state index in [-0.39, 0.29) is 30.9 Å². The maximum atomic E-state index is 15.4. The molecule has 3 rings (SSSR count). The van der Waals surface area contributed by atoms with Crippen molar-refractivity contribution in [3.8, 4) is 5.75 Å². The highest BCUT2D eigenvalue weighted by Crippen LogP contribution is 2.54. The molecule has 1 aromatic heterocycles. The van der Waals surface area contributed by atoms with Gasteiger partial charge < -0.3 is 14.4 Å². The molecule has 3 unspecified atom stereocenters. The summed E-state index contributed by atoms with van der Waals surface area (Å²) >= 11 is 0. The molecule has 1 aromatic carbocycles. The standard InChI is InChI=1S/C24H32BF2N2O7P.C2H6/c1-22(2,3)14-10-15(23(4,5)6)19-13(18(14)27)12-34-37(35-19)36-24(25,32)17(33-7)8-9-29-11-16(26)20(30)28-21(29)31;1-2/h10-11,17,32H,8-9,12H2,1-7H3,(H,28,30,31);1-2H3. The lowest BCUT2D eigenvalue weighted by Gasteiger charge is -2.37. The quantitative estimate of drug-likeness (QED) is 0.286. The number of aromatic amines is 1. The Kier molecular flexibility index (Phi) is 10.7. The van der Waals surface area contributed by atoms with Gasteiger partial charge in [0.15, 0.2) is 13.5 Å². The number of benzene rings is 1. The number of ether oxygens (including phenoxy) is 1. The number of aliphatic hydroxyl groups is 1. The van der Waals surface area contributed by atoms with E-state index in [0.29, 0.717) is 5.56 Å². The minimum atomic E-state index is -2.45. The molecule has 13 heteroatoms. The molecule has 0 amide bonds. The van der Waals surface area contributed by atoms with Crippen molar-refractivity contribution >= 4 is 16.4 Å². The molecule has 0 saturated carbocycles. The second-order valence-electron chi connectivity index (χ2n) is 11.0. The van der Waals surface area contributed by atoms with E-state index in [0.717, 1.165) is 16.3 Å². The van der Waals surface area contributed by atoms with Gasteiger partial charge in [-0.25, -0.2) is 9.18 Å². The van der Waals surface area contributed by atoms with Crippen molar-refractivity contribution in [3.63, 3.8) is 0 Å². The number of rotatable bonds is 7. The normalized spacial score (nSPS) is 17.8. The molecule has 2 radical (unpaired) electrons. The van der Waals surface area contributed by atoms with Crippen LogP contribution in [0.4, 0.5) is 8.78 Å². The van der Waals surface area contributed by atoms with E-state index in [2.05, 4.69) is 0 Å². The number of methoxy groups -OCH3 is 1. The first-order valence-electron chi connectivity index (χ1n) is 12.7. The van der Waals surface area contributed by atoms with Gasteiger partial charge in [0.2, 0.25) is 5.82 Å². The fraction of sp³-hybridized carbons (Fsp3) is 0.615. The van der Waals surface area contributed by atoms with Gasteiger partial charge in [0.05, 0.1) is 18.4 Å². The Labute approximate surface area is 230 Å². The van der Waals surface area contributed by atoms with Gasteiger partial charge in [-0.3, -0.25) is 23.4 Å². The fourth-order valence-corrected chi connectivity index (χ4v) is 4.97. The van der Waals surface area contributed by atoms with E-state index in [9.17, 15) is 19.1 Å². The summed E-state index contributed by atoms with van der Waals surface area (Å²) in [4.78, 5) is 25.0. The molecule has 2 heterocycles. The zero-order valence-corrected chi connectivity index (χ0v) is 24.9. The Hall–Kier alpha value is -2.11. The van der Waals surface area contributed by atoms with E-state index < -0.39 is 54.1 Å². The van der Waals surface area contributed by atoms with Gasteiger partial charge in [0.25, 0.3) is 5.56 Å². The van der Waals surface area contributed by atoms with Crippen molar-refractivity contribution in [3.05, 3.63) is 61.4 Å². The predicted molar refractivity (Wildman–Crippen MR) is 146 cm³/mol. The van der Waals surface area contributed by atoms with E-state index in [1.54, 1.807) is 6.07 Å². The number of hydrogen-bond acceptors (Lipinski definition) is 7. The first-order valence-corrected chi connectivity index (χ1v) is 13.7. The Balaban J connectivity index is 0.00000260. The first-order chi connectivity index (χ1) is 18.0. The van der Waals surface area contributed by atoms with Gasteiger partial charge in [0.1, 0.15) is 17.7 Å². The van der Waals surface area contributed by atoms with Crippen LogP contribution >= 0.6 is 8.60 Å². The SMILES string of the molecule is CC.[B]C(O)(OP1OCc2c(F)c(C(C)(C)C)cc(C(C)(C)C)c2O1)C(CCn1cc(F)c(=O)[nH]c1=O)OC. The summed E-state index contributed by atoms with van der Waals surface area (Å²) in [6.45, 7) is 15.3. The molecule has 0 bridgehead atoms. The van der Waals surface area contributed by atoms with Crippen LogP contribution in [0.25, 0.3) is 0 Å². The summed E-state index contributed by atoms with van der Waals surface area (Å²) < 4.78 is 52.2. The molecular weight excluding hydrogens is 532 g/mol. The van der Waals surface area contributed by atoms with Crippen molar-refractivity contribution in [1.82, 2.24) is 9.55 Å². The number of H-pyrrole nitrogens is 1. The highest BCUT2D eigenvalue weighted by Gasteiger charge is 2.41. The lowest BCUT2D eigenvalue weighted by Crippen LogP contribution is -2.47. The second-order valence-corrected chi connectivity index (χ2v) is 12.0. The van der Waals surface area contributed by atoms with E-state index >= 15 is 4.39 Å². The molecule has 9 nitrogen and oxygen atoms in total. The smallest absolute Gasteiger partial charge is 0.399 e. The lowest BCUT2D eigenvalue weighted by atomic mass is 9.78. The van der Waals surface area contributed by atoms with Crippen LogP contribution in [0.1, 0.15) is 78.5 Å². The second kappa shape index (κ2) is 12.6. The molecule has 0 saturated heterocycles. The zero-order chi connectivity index (χ0) is 29.9. The van der Waals surface area contributed by atoms with E-state index in [1.807, 2.05) is 60.4 Å². The van der Waals surface area contributed by atoms with Crippen LogP contribution in [0, 0.1) is 11.6 Å². The van der Waals surface area contributed by atoms with Crippen LogP contribution < -0.4 is 15.8 Å². The van der Waals surface area contributed by atoms with Crippen molar-refractivity contribution < 1.29 is 32.2 Å². The molecule has 1 aliphatic rings. The van der Waals surface area contributed by atoms with Crippen LogP contribution in [-0.2, 0) is 37.8 Å². The molecule has 1 aliphatic heterocycles. The van der Waals surface area contributed by atoms with Crippen LogP contribution in [-0.4, -0.2) is 41.4 Å². The molecule has 2 aromatic rings. The van der Waals surface area contributed by atoms with Crippen LogP contribution in [0.2, 0.25) is 0 Å². The third kappa shape index (κ3) is 7.76. The number of aryl methyl sites for hydroxylation is 1. The summed E-state index contributed by atoms with van der Waals surface area (Å²) in [6.07, 6.45) is -0.578. The zero-order valence-electron chi connectivity index (χ0n) is 24.0. The molecule has 0 aliphatic carbocycles. The number of halogens is 2. The summed E-state index contributed by atoms with van der Waals surface area (Å²) in [5.74, 6) is -1.30. The van der Waals surface area contributed by atoms with Crippen molar-refractivity contribution in [2.24, 2.45) is 0 Å². The van der Waals surface area contributed by atoms with Crippen LogP contribution in [0.5, 0.6) is 5.75 Å². The van der Waals surface area contributed by atoms with Gasteiger partial charge in [0, 0.05) is 19.2 Å². The minimum Gasteiger partial charge on any atom is -0.426 e. The van der Waals surface area contributed by atoms with Gasteiger partial charge >= 0.3 is 14.3 Å². The third-order valence-corrected chi connectivity index (χ3v) is 7.08. The average molecular weight is 570 g/mol.